The molecule has 230 valence electrons. The molecule has 0 bridgehead atoms. The van der Waals surface area contributed by atoms with Gasteiger partial charge in [0.15, 0.2) is 52.1 Å². The maximum Gasteiger partial charge on any atom is 0.328 e. The smallest absolute Gasteiger partial charge is 0.328 e. The van der Waals surface area contributed by atoms with Gasteiger partial charge in [0.05, 0.1) is 7.11 Å². The first-order valence-electron chi connectivity index (χ1n) is 12.3. The summed E-state index contributed by atoms with van der Waals surface area (Å²) in [6, 6.07) is 2.05. The second-order valence-electron chi connectivity index (χ2n) is 9.00. The van der Waals surface area contributed by atoms with Crippen LogP contribution in [0, 0.1) is 34.9 Å². The average Bonchev–Trinajstić information content (AvgIpc) is 2.94. The Hall–Kier alpha value is -4.82. The first kappa shape index (κ1) is 32.7. The van der Waals surface area contributed by atoms with Gasteiger partial charge in [0, 0.05) is 25.1 Å². The molecule has 1 N–H and O–H groups in total. The number of esters is 2. The minimum Gasteiger partial charge on any atom is -0.493 e. The van der Waals surface area contributed by atoms with Gasteiger partial charge in [-0.25, -0.2) is 36.1 Å². The van der Waals surface area contributed by atoms with Crippen molar-refractivity contribution >= 4 is 17.8 Å². The van der Waals surface area contributed by atoms with Crippen molar-refractivity contribution in [3.8, 4) is 11.5 Å². The van der Waals surface area contributed by atoms with Crippen molar-refractivity contribution in [3.05, 3.63) is 88.3 Å². The summed E-state index contributed by atoms with van der Waals surface area (Å²) in [5.41, 5.74) is -1.16. The molecule has 0 saturated heterocycles. The second-order valence-corrected chi connectivity index (χ2v) is 9.00. The van der Waals surface area contributed by atoms with Gasteiger partial charge >= 0.3 is 11.9 Å². The number of amides is 1. The van der Waals surface area contributed by atoms with Crippen LogP contribution in [0.4, 0.5) is 26.3 Å². The molecule has 43 heavy (non-hydrogen) atoms. The molecule has 0 spiro atoms. The monoisotopic (exact) mass is 614 g/mol. The minimum atomic E-state index is -1.82. The highest BCUT2D eigenvalue weighted by Crippen LogP contribution is 2.34. The van der Waals surface area contributed by atoms with Gasteiger partial charge in [-0.2, -0.15) is 0 Å². The number of nitrogens with one attached hydrogen (secondary N) is 1. The van der Waals surface area contributed by atoms with E-state index in [1.807, 2.05) is 0 Å². The number of rotatable bonds is 11. The minimum absolute atomic E-state index is 0.0384. The van der Waals surface area contributed by atoms with Gasteiger partial charge in [0.25, 0.3) is 5.91 Å². The third kappa shape index (κ3) is 7.72. The molecule has 2 atom stereocenters. The Labute approximate surface area is 240 Å². The molecule has 0 saturated carbocycles. The summed E-state index contributed by atoms with van der Waals surface area (Å²) in [5.74, 6) is -14.7. The molecule has 3 aromatic rings. The Kier molecular flexibility index (Phi) is 10.6. The van der Waals surface area contributed by atoms with Crippen LogP contribution in [0.1, 0.15) is 48.3 Å². The molecule has 15 heteroatoms. The first-order valence-corrected chi connectivity index (χ1v) is 12.3. The molecule has 9 nitrogen and oxygen atoms in total. The first-order chi connectivity index (χ1) is 20.2. The van der Waals surface area contributed by atoms with E-state index in [2.05, 4.69) is 10.3 Å². The van der Waals surface area contributed by atoms with E-state index in [1.165, 1.54) is 33.2 Å². The summed E-state index contributed by atoms with van der Waals surface area (Å²) in [5, 5.41) is 2.30. The molecule has 0 unspecified atom stereocenters. The van der Waals surface area contributed by atoms with E-state index < -0.39 is 88.7 Å². The van der Waals surface area contributed by atoms with E-state index in [0.717, 1.165) is 6.92 Å². The van der Waals surface area contributed by atoms with Crippen molar-refractivity contribution in [2.75, 3.05) is 13.9 Å². The molecular formula is C28H24F6N2O7. The van der Waals surface area contributed by atoms with Crippen LogP contribution in [0.15, 0.2) is 36.5 Å². The fraction of sp³-hybridized carbons (Fsp3) is 0.286. The Balaban J connectivity index is 1.86. The average molecular weight is 614 g/mol. The highest BCUT2D eigenvalue weighted by atomic mass is 19.2. The topological polar surface area (TPSA) is 113 Å². The molecule has 0 aliphatic heterocycles. The molecule has 0 aliphatic rings. The van der Waals surface area contributed by atoms with Crippen LogP contribution in [0.3, 0.4) is 0 Å². The second kappa shape index (κ2) is 13.9. The Morgan fingerprint density at radius 1 is 0.884 bits per heavy atom. The number of aromatic nitrogens is 1. The van der Waals surface area contributed by atoms with Crippen LogP contribution < -0.4 is 14.8 Å². The lowest BCUT2D eigenvalue weighted by Gasteiger charge is -2.27. The van der Waals surface area contributed by atoms with Crippen LogP contribution in [-0.4, -0.2) is 48.9 Å². The number of methoxy groups -OCH3 is 1. The molecule has 0 radical (unpaired) electrons. The van der Waals surface area contributed by atoms with Crippen molar-refractivity contribution in [1.82, 2.24) is 10.3 Å². The summed E-state index contributed by atoms with van der Waals surface area (Å²) in [4.78, 5) is 40.8. The third-order valence-corrected chi connectivity index (χ3v) is 5.97. The van der Waals surface area contributed by atoms with E-state index in [9.17, 15) is 40.7 Å². The van der Waals surface area contributed by atoms with E-state index in [-0.39, 0.29) is 17.2 Å². The Morgan fingerprint density at radius 2 is 1.40 bits per heavy atom. The quantitative estimate of drug-likeness (QED) is 0.143. The van der Waals surface area contributed by atoms with E-state index in [0.29, 0.717) is 24.3 Å². The standard InChI is InChI=1S/C28H24F6N2O7/c1-12(36-27(38)25-26(42-11-41-14(3)37)21(40-4)5-6-35-25)28(39)43-13(2)22(15-7-17(29)23(33)18(30)8-15)16-9-19(31)24(34)20(32)10-16/h5-10,12-13,22H,11H2,1-4H3,(H,36,38)/t12-,13-/m0/s1. The van der Waals surface area contributed by atoms with Crippen molar-refractivity contribution in [2.24, 2.45) is 0 Å². The lowest BCUT2D eigenvalue weighted by atomic mass is 9.86. The van der Waals surface area contributed by atoms with E-state index in [4.69, 9.17) is 18.9 Å². The zero-order valence-electron chi connectivity index (χ0n) is 23.0. The van der Waals surface area contributed by atoms with Gasteiger partial charge in [-0.1, -0.05) is 0 Å². The maximum absolute atomic E-state index is 14.1. The predicted octanol–water partition coefficient (Wildman–Crippen LogP) is 4.71. The molecule has 3 rings (SSSR count). The van der Waals surface area contributed by atoms with Gasteiger partial charge in [-0.3, -0.25) is 9.59 Å². The predicted molar refractivity (Wildman–Crippen MR) is 135 cm³/mol. The number of hydrogen-bond acceptors (Lipinski definition) is 8. The number of pyridine rings is 1. The highest BCUT2D eigenvalue weighted by molar-refractivity contribution is 5.98. The number of nitrogens with zero attached hydrogens (tertiary/aromatic N) is 1. The highest BCUT2D eigenvalue weighted by Gasteiger charge is 2.31. The number of carbonyl (C=O) groups is 3. The zero-order valence-corrected chi connectivity index (χ0v) is 23.0. The lowest BCUT2D eigenvalue weighted by molar-refractivity contribution is -0.151. The van der Waals surface area contributed by atoms with Crippen LogP contribution in [-0.2, 0) is 19.1 Å². The lowest BCUT2D eigenvalue weighted by Crippen LogP contribution is -2.41. The molecule has 1 heterocycles. The Bertz CT molecular complexity index is 1430. The van der Waals surface area contributed by atoms with Gasteiger partial charge in [-0.15, -0.1) is 0 Å². The van der Waals surface area contributed by atoms with E-state index >= 15 is 0 Å². The molecule has 0 aliphatic carbocycles. The Morgan fingerprint density at radius 3 is 1.86 bits per heavy atom. The van der Waals surface area contributed by atoms with Crippen molar-refractivity contribution in [1.29, 1.82) is 0 Å². The molecule has 2 aromatic carbocycles. The summed E-state index contributed by atoms with van der Waals surface area (Å²) < 4.78 is 104. The fourth-order valence-corrected chi connectivity index (χ4v) is 3.98. The zero-order chi connectivity index (χ0) is 32.0. The van der Waals surface area contributed by atoms with Crippen LogP contribution in [0.25, 0.3) is 0 Å². The maximum atomic E-state index is 14.1. The summed E-state index contributed by atoms with van der Waals surface area (Å²) in [6.07, 6.45) is -0.262. The van der Waals surface area contributed by atoms with E-state index in [1.54, 1.807) is 0 Å². The molecular weight excluding hydrogens is 590 g/mol. The van der Waals surface area contributed by atoms with Gasteiger partial charge in [-0.05, 0) is 49.2 Å². The molecule has 1 aromatic heterocycles. The summed E-state index contributed by atoms with van der Waals surface area (Å²) in [6.45, 7) is 2.93. The number of carbonyl (C=O) groups excluding carboxylic acids is 3. The molecule has 0 fully saturated rings. The number of ether oxygens (including phenoxy) is 4. The van der Waals surface area contributed by atoms with Gasteiger partial charge in [0.2, 0.25) is 6.79 Å². The third-order valence-electron chi connectivity index (χ3n) is 5.97. The van der Waals surface area contributed by atoms with Crippen molar-refractivity contribution in [3.63, 3.8) is 0 Å². The SMILES string of the molecule is COc1ccnc(C(=O)N[C@@H](C)C(=O)O[C@@H](C)C(c2cc(F)c(F)c(F)c2)c2cc(F)c(F)c(F)c2)c1OCOC(C)=O. The van der Waals surface area contributed by atoms with Crippen LogP contribution in [0.2, 0.25) is 0 Å². The number of benzene rings is 2. The normalized spacial score (nSPS) is 12.3. The van der Waals surface area contributed by atoms with Crippen LogP contribution >= 0.6 is 0 Å². The summed E-state index contributed by atoms with van der Waals surface area (Å²) in [7, 11) is 1.27. The largest absolute Gasteiger partial charge is 0.493 e. The van der Waals surface area contributed by atoms with Gasteiger partial charge < -0.3 is 24.3 Å². The van der Waals surface area contributed by atoms with Crippen molar-refractivity contribution < 1.29 is 59.7 Å². The fourth-order valence-electron chi connectivity index (χ4n) is 3.98. The van der Waals surface area contributed by atoms with Gasteiger partial charge in [0.1, 0.15) is 12.1 Å². The molecule has 1 amide bonds. The van der Waals surface area contributed by atoms with Crippen molar-refractivity contribution in [2.45, 2.75) is 38.8 Å². The number of hydrogen-bond donors (Lipinski definition) is 1. The summed E-state index contributed by atoms with van der Waals surface area (Å²) >= 11 is 0. The number of halogens is 6. The van der Waals surface area contributed by atoms with Crippen LogP contribution in [0.5, 0.6) is 11.5 Å².